The van der Waals surface area contributed by atoms with Crippen molar-refractivity contribution in [1.29, 1.82) is 0 Å². The lowest BCUT2D eigenvalue weighted by atomic mass is 10.1. The molecule has 2 aromatic rings. The van der Waals surface area contributed by atoms with E-state index in [-0.39, 0.29) is 29.5 Å². The SMILES string of the molecule is CC(C)(C)[Si](C)(C)O[C@@H]1CO[C@H]2[C@@H]1OC[C@H]2Oc1[nH]c2cc(Cl)c(I)nc2[n+]1COCC[Si](C)(C)C. The van der Waals surface area contributed by atoms with Crippen LogP contribution >= 0.6 is 34.2 Å². The van der Waals surface area contributed by atoms with Crippen LogP contribution < -0.4 is 9.30 Å². The second-order valence-corrected chi connectivity index (χ2v) is 24.3. The van der Waals surface area contributed by atoms with Gasteiger partial charge < -0.3 is 23.4 Å². The molecule has 12 heteroatoms. The Hall–Kier alpha value is -0.286. The van der Waals surface area contributed by atoms with E-state index in [0.29, 0.717) is 37.6 Å². The summed E-state index contributed by atoms with van der Waals surface area (Å²) in [6.45, 7) is 20.3. The van der Waals surface area contributed by atoms with Crippen molar-refractivity contribution in [3.05, 3.63) is 14.8 Å². The molecule has 2 saturated heterocycles. The van der Waals surface area contributed by atoms with Crippen LogP contribution in [0.1, 0.15) is 20.8 Å². The van der Waals surface area contributed by atoms with Gasteiger partial charge >= 0.3 is 11.7 Å². The van der Waals surface area contributed by atoms with E-state index in [9.17, 15) is 0 Å². The summed E-state index contributed by atoms with van der Waals surface area (Å²) in [5.41, 5.74) is 1.54. The van der Waals surface area contributed by atoms with Crippen molar-refractivity contribution in [3.63, 3.8) is 0 Å². The molecule has 0 saturated carbocycles. The number of fused-ring (bicyclic) bond motifs is 2. The molecule has 8 nitrogen and oxygen atoms in total. The first kappa shape index (κ1) is 28.7. The number of H-pyrrole nitrogens is 1. The molecule has 0 bridgehead atoms. The second kappa shape index (κ2) is 10.7. The van der Waals surface area contributed by atoms with E-state index in [1.54, 1.807) is 0 Å². The molecule has 2 aliphatic rings. The predicted molar refractivity (Wildman–Crippen MR) is 154 cm³/mol. The number of hydrogen-bond acceptors (Lipinski definition) is 6. The van der Waals surface area contributed by atoms with E-state index >= 15 is 0 Å². The minimum atomic E-state index is -1.95. The molecule has 4 atom stereocenters. The molecule has 0 aromatic carbocycles. The van der Waals surface area contributed by atoms with Crippen LogP contribution in [0.5, 0.6) is 6.01 Å². The van der Waals surface area contributed by atoms with Crippen LogP contribution in [-0.4, -0.2) is 70.6 Å². The average molecular weight is 669 g/mol. The Kier molecular flexibility index (Phi) is 8.54. The van der Waals surface area contributed by atoms with Crippen LogP contribution in [0.3, 0.4) is 0 Å². The molecular formula is C24H40ClIN3O5Si2+. The zero-order valence-corrected chi connectivity index (χ0v) is 27.5. The second-order valence-electron chi connectivity index (χ2n) is 12.5. The Morgan fingerprint density at radius 3 is 2.42 bits per heavy atom. The van der Waals surface area contributed by atoms with E-state index in [2.05, 4.69) is 81.1 Å². The molecule has 2 aromatic heterocycles. The van der Waals surface area contributed by atoms with Gasteiger partial charge in [-0.25, -0.2) is 4.98 Å². The lowest BCUT2D eigenvalue weighted by Crippen LogP contribution is -2.47. The fraction of sp³-hybridized carbons (Fsp3) is 0.750. The van der Waals surface area contributed by atoms with Gasteiger partial charge in [0.2, 0.25) is 0 Å². The number of imidazole rings is 1. The van der Waals surface area contributed by atoms with E-state index in [1.807, 2.05) is 10.6 Å². The first-order valence-corrected chi connectivity index (χ1v) is 20.7. The number of hydrogen-bond donors (Lipinski definition) is 1. The van der Waals surface area contributed by atoms with Crippen LogP contribution in [0.15, 0.2) is 6.07 Å². The first-order chi connectivity index (χ1) is 16.7. The Labute approximate surface area is 235 Å². The Morgan fingerprint density at radius 1 is 1.14 bits per heavy atom. The number of aromatic nitrogens is 3. The first-order valence-electron chi connectivity index (χ1n) is 12.6. The van der Waals surface area contributed by atoms with Gasteiger partial charge in [-0.2, -0.15) is 4.57 Å². The highest BCUT2D eigenvalue weighted by Gasteiger charge is 2.53. The topological polar surface area (TPSA) is 78.7 Å². The van der Waals surface area contributed by atoms with Gasteiger partial charge in [0.25, 0.3) is 0 Å². The summed E-state index contributed by atoms with van der Waals surface area (Å²) in [7, 11) is -3.14. The summed E-state index contributed by atoms with van der Waals surface area (Å²) in [4.78, 5) is 8.05. The summed E-state index contributed by atoms with van der Waals surface area (Å²) in [5.74, 6) is 0. The van der Waals surface area contributed by atoms with Crippen molar-refractivity contribution in [2.24, 2.45) is 0 Å². The fourth-order valence-electron chi connectivity index (χ4n) is 4.11. The largest absolute Gasteiger partial charge is 0.434 e. The van der Waals surface area contributed by atoms with Crippen LogP contribution in [0, 0.1) is 3.70 Å². The lowest BCUT2D eigenvalue weighted by molar-refractivity contribution is -0.715. The monoisotopic (exact) mass is 668 g/mol. The molecule has 0 spiro atoms. The minimum Gasteiger partial charge on any atom is -0.434 e. The lowest BCUT2D eigenvalue weighted by Gasteiger charge is -2.39. The summed E-state index contributed by atoms with van der Waals surface area (Å²) in [5, 5.41) is 0.716. The van der Waals surface area contributed by atoms with Gasteiger partial charge in [0.1, 0.15) is 12.2 Å². The summed E-state index contributed by atoms with van der Waals surface area (Å²) in [6.07, 6.45) is -0.669. The van der Waals surface area contributed by atoms with E-state index < -0.39 is 16.4 Å². The molecule has 2 fully saturated rings. The fourth-order valence-corrected chi connectivity index (χ4v) is 6.72. The van der Waals surface area contributed by atoms with Gasteiger partial charge in [0, 0.05) is 43.3 Å². The van der Waals surface area contributed by atoms with E-state index in [0.717, 1.165) is 20.9 Å². The maximum absolute atomic E-state index is 6.64. The quantitative estimate of drug-likeness (QED) is 0.128. The number of pyridine rings is 1. The van der Waals surface area contributed by atoms with Crippen LogP contribution in [0.2, 0.25) is 48.8 Å². The Balaban J connectivity index is 1.51. The van der Waals surface area contributed by atoms with Crippen molar-refractivity contribution in [1.82, 2.24) is 9.97 Å². The van der Waals surface area contributed by atoms with Crippen molar-refractivity contribution in [2.45, 2.75) is 95.7 Å². The Bertz CT molecular complexity index is 1090. The molecule has 0 unspecified atom stereocenters. The van der Waals surface area contributed by atoms with Crippen LogP contribution in [0.25, 0.3) is 11.2 Å². The third kappa shape index (κ3) is 6.29. The highest BCUT2D eigenvalue weighted by molar-refractivity contribution is 14.1. The number of ether oxygens (including phenoxy) is 4. The molecule has 0 aliphatic carbocycles. The van der Waals surface area contributed by atoms with E-state index in [1.165, 1.54) is 0 Å². The van der Waals surface area contributed by atoms with Gasteiger partial charge in [-0.1, -0.05) is 57.0 Å². The van der Waals surface area contributed by atoms with Gasteiger partial charge in [-0.3, -0.25) is 0 Å². The molecular weight excluding hydrogens is 629 g/mol. The predicted octanol–water partition coefficient (Wildman–Crippen LogP) is 5.36. The third-order valence-corrected chi connectivity index (χ3v) is 15.0. The third-order valence-electron chi connectivity index (χ3n) is 7.35. The van der Waals surface area contributed by atoms with Crippen LogP contribution in [-0.2, 0) is 25.4 Å². The maximum Gasteiger partial charge on any atom is 0.400 e. The molecule has 202 valence electrons. The molecule has 0 radical (unpaired) electrons. The molecule has 4 rings (SSSR count). The van der Waals surface area contributed by atoms with Crippen LogP contribution in [0.4, 0.5) is 0 Å². The highest BCUT2D eigenvalue weighted by atomic mass is 127. The minimum absolute atomic E-state index is 0.0775. The van der Waals surface area contributed by atoms with Crippen molar-refractivity contribution < 1.29 is 27.9 Å². The smallest absolute Gasteiger partial charge is 0.400 e. The zero-order chi connectivity index (χ0) is 26.5. The summed E-state index contributed by atoms with van der Waals surface area (Å²) < 4.78 is 34.2. The van der Waals surface area contributed by atoms with Crippen molar-refractivity contribution >= 4 is 61.7 Å². The van der Waals surface area contributed by atoms with E-state index in [4.69, 9.17) is 40.0 Å². The van der Waals surface area contributed by atoms with Gasteiger partial charge in [0.05, 0.1) is 24.3 Å². The molecule has 0 amide bonds. The highest BCUT2D eigenvalue weighted by Crippen LogP contribution is 2.40. The normalized spacial score (nSPS) is 25.1. The zero-order valence-electron chi connectivity index (χ0n) is 22.6. The summed E-state index contributed by atoms with van der Waals surface area (Å²) >= 11 is 8.50. The Morgan fingerprint density at radius 2 is 1.78 bits per heavy atom. The van der Waals surface area contributed by atoms with Crippen molar-refractivity contribution in [2.75, 3.05) is 19.8 Å². The number of nitrogens with one attached hydrogen (secondary N) is 1. The summed E-state index contributed by atoms with van der Waals surface area (Å²) in [6, 6.07) is 3.53. The molecule has 36 heavy (non-hydrogen) atoms. The van der Waals surface area contributed by atoms with Gasteiger partial charge in [-0.15, -0.1) is 0 Å². The maximum atomic E-state index is 6.64. The van der Waals surface area contributed by atoms with Crippen molar-refractivity contribution in [3.8, 4) is 6.01 Å². The number of rotatable bonds is 9. The van der Waals surface area contributed by atoms with Gasteiger partial charge in [-0.05, 0) is 24.2 Å². The molecule has 2 aliphatic heterocycles. The average Bonchev–Trinajstić information content (AvgIpc) is 3.40. The standard InChI is InChI=1S/C24H39ClIN3O5Si2/c1-24(2,3)36(7,8)34-18-13-32-19-17(12-31-20(18)19)33-23-27-16-11-15(25)21(26)28-22(16)29(23)14-30-9-10-35(4,5)6/h11,17-20H,9-10,12-14H2,1-8H3/p+1/t17-,18-,19-,20-/m1/s1. The number of halogens is 2. The molecule has 4 heterocycles. The molecule has 1 N–H and O–H groups in total. The van der Waals surface area contributed by atoms with Gasteiger partial charge in [0.15, 0.2) is 30.4 Å². The number of aromatic amines is 1. The number of nitrogens with zero attached hydrogens (tertiary/aromatic N) is 2.